The fourth-order valence-electron chi connectivity index (χ4n) is 2.41. The maximum Gasteiger partial charge on any atom is 0.413 e. The van der Waals surface area contributed by atoms with Crippen LogP contribution in [0, 0.1) is 0 Å². The fourth-order valence-corrected chi connectivity index (χ4v) is 2.41. The van der Waals surface area contributed by atoms with Gasteiger partial charge in [0.2, 0.25) is 0 Å². The molecule has 9 nitrogen and oxygen atoms in total. The van der Waals surface area contributed by atoms with Crippen molar-refractivity contribution in [2.75, 3.05) is 18.5 Å². The molecule has 0 aliphatic rings. The molecule has 1 aromatic carbocycles. The van der Waals surface area contributed by atoms with Gasteiger partial charge in [-0.2, -0.15) is 4.98 Å². The van der Waals surface area contributed by atoms with Crippen LogP contribution in [0.5, 0.6) is 0 Å². The molecule has 1 heterocycles. The normalized spacial score (nSPS) is 10.4. The quantitative estimate of drug-likeness (QED) is 0.623. The average molecular weight is 389 g/mol. The molecule has 0 atom stereocenters. The van der Waals surface area contributed by atoms with Crippen LogP contribution in [-0.2, 0) is 33.8 Å². The molecule has 0 spiro atoms. The van der Waals surface area contributed by atoms with Gasteiger partial charge in [-0.25, -0.2) is 9.59 Å². The third-order valence-corrected chi connectivity index (χ3v) is 3.71. The largest absolute Gasteiger partial charge is 0.465 e. The van der Waals surface area contributed by atoms with Gasteiger partial charge in [0.05, 0.1) is 6.61 Å². The Balaban J connectivity index is 2.12. The fraction of sp³-hybridized carbons (Fsp3) is 0.368. The molecule has 1 aromatic heterocycles. The number of rotatable bonds is 9. The molecule has 0 aliphatic carbocycles. The van der Waals surface area contributed by atoms with E-state index in [1.54, 1.807) is 6.92 Å². The van der Waals surface area contributed by atoms with Crippen LogP contribution in [-0.4, -0.2) is 39.9 Å². The van der Waals surface area contributed by atoms with Gasteiger partial charge in [0.1, 0.15) is 19.0 Å². The molecule has 2 rings (SSSR count). The van der Waals surface area contributed by atoms with Crippen LogP contribution in [0.1, 0.15) is 24.5 Å². The second-order valence-corrected chi connectivity index (χ2v) is 5.84. The number of aryl methyl sites for hydroxylation is 1. The maximum absolute atomic E-state index is 12.2. The summed E-state index contributed by atoms with van der Waals surface area (Å²) in [6.45, 7) is 1.57. The van der Waals surface area contributed by atoms with Crippen molar-refractivity contribution >= 4 is 17.9 Å². The van der Waals surface area contributed by atoms with Gasteiger partial charge in [-0.15, -0.1) is 0 Å². The minimum Gasteiger partial charge on any atom is -0.465 e. The van der Waals surface area contributed by atoms with Crippen LogP contribution in [0.4, 0.5) is 10.6 Å². The first-order valence-corrected chi connectivity index (χ1v) is 8.88. The van der Waals surface area contributed by atoms with E-state index in [4.69, 9.17) is 14.6 Å². The predicted molar refractivity (Wildman–Crippen MR) is 101 cm³/mol. The lowest BCUT2D eigenvalue weighted by molar-refractivity contribution is -0.143. The van der Waals surface area contributed by atoms with Gasteiger partial charge in [-0.1, -0.05) is 30.3 Å². The number of carbonyl (C=O) groups excluding carboxylic acids is 2. The topological polar surface area (TPSA) is 120 Å². The lowest BCUT2D eigenvalue weighted by Gasteiger charge is -2.13. The van der Waals surface area contributed by atoms with Crippen molar-refractivity contribution in [2.45, 2.75) is 32.9 Å². The predicted octanol–water partition coefficient (Wildman–Crippen LogP) is 1.48. The molecule has 1 amide bonds. The van der Waals surface area contributed by atoms with Crippen molar-refractivity contribution in [3.8, 4) is 0 Å². The number of aromatic nitrogens is 2. The van der Waals surface area contributed by atoms with E-state index in [0.717, 1.165) is 10.1 Å². The summed E-state index contributed by atoms with van der Waals surface area (Å²) in [6, 6.07) is 9.14. The maximum atomic E-state index is 12.2. The Hall–Kier alpha value is -3.20. The van der Waals surface area contributed by atoms with Gasteiger partial charge in [0.25, 0.3) is 0 Å². The number of hydrogen-bond acceptors (Lipinski definition) is 7. The number of anilines is 1. The summed E-state index contributed by atoms with van der Waals surface area (Å²) < 4.78 is 11.1. The van der Waals surface area contributed by atoms with Crippen LogP contribution in [0.25, 0.3) is 0 Å². The zero-order chi connectivity index (χ0) is 20.4. The van der Waals surface area contributed by atoms with E-state index in [9.17, 15) is 14.4 Å². The highest BCUT2D eigenvalue weighted by molar-refractivity contribution is 5.84. The number of aliphatic hydroxyl groups is 1. The Morgan fingerprint density at radius 2 is 1.96 bits per heavy atom. The van der Waals surface area contributed by atoms with Crippen LogP contribution >= 0.6 is 0 Å². The highest BCUT2D eigenvalue weighted by Gasteiger charge is 2.14. The lowest BCUT2D eigenvalue weighted by Crippen LogP contribution is -2.30. The second kappa shape index (κ2) is 10.8. The number of carbonyl (C=O) groups is 2. The van der Waals surface area contributed by atoms with Gasteiger partial charge in [-0.3, -0.25) is 14.7 Å². The molecule has 28 heavy (non-hydrogen) atoms. The van der Waals surface area contributed by atoms with Crippen molar-refractivity contribution in [1.82, 2.24) is 9.55 Å². The standard InChI is InChI=1S/C19H23N3O6/c1-2-27-16(24)12-22-11-15(9-6-10-23)17(20-18(22)25)21-19(26)28-13-14-7-4-3-5-8-14/h3-5,7-8,11,23H,2,6,9-10,12-13H2,1H3,(H,20,21,25,26). The lowest BCUT2D eigenvalue weighted by atomic mass is 10.2. The highest BCUT2D eigenvalue weighted by Crippen LogP contribution is 2.13. The van der Waals surface area contributed by atoms with E-state index in [1.807, 2.05) is 30.3 Å². The monoisotopic (exact) mass is 389 g/mol. The number of benzene rings is 1. The molecule has 0 bridgehead atoms. The molecule has 2 aromatic rings. The number of aliphatic hydroxyl groups excluding tert-OH is 1. The molecule has 0 radical (unpaired) electrons. The number of amides is 1. The molecular weight excluding hydrogens is 366 g/mol. The number of hydrogen-bond donors (Lipinski definition) is 2. The molecule has 9 heteroatoms. The summed E-state index contributed by atoms with van der Waals surface area (Å²) in [7, 11) is 0. The number of esters is 1. The summed E-state index contributed by atoms with van der Waals surface area (Å²) in [5.41, 5.74) is 0.602. The van der Waals surface area contributed by atoms with E-state index < -0.39 is 17.8 Å². The van der Waals surface area contributed by atoms with Crippen LogP contribution in [0.3, 0.4) is 0 Å². The molecule has 0 fully saturated rings. The van der Waals surface area contributed by atoms with Gasteiger partial charge < -0.3 is 14.6 Å². The van der Waals surface area contributed by atoms with Crippen molar-refractivity contribution in [3.63, 3.8) is 0 Å². The van der Waals surface area contributed by atoms with Gasteiger partial charge in [0.15, 0.2) is 0 Å². The van der Waals surface area contributed by atoms with Crippen molar-refractivity contribution < 1.29 is 24.2 Å². The van der Waals surface area contributed by atoms with E-state index in [2.05, 4.69) is 10.3 Å². The van der Waals surface area contributed by atoms with E-state index >= 15 is 0 Å². The first kappa shape index (κ1) is 21.1. The van der Waals surface area contributed by atoms with Crippen molar-refractivity contribution in [1.29, 1.82) is 0 Å². The zero-order valence-electron chi connectivity index (χ0n) is 15.6. The SMILES string of the molecule is CCOC(=O)Cn1cc(CCCO)c(NC(=O)OCc2ccccc2)nc1=O. The minimum absolute atomic E-state index is 0.0385. The van der Waals surface area contributed by atoms with Gasteiger partial charge in [0, 0.05) is 18.4 Å². The zero-order valence-corrected chi connectivity index (χ0v) is 15.6. The van der Waals surface area contributed by atoms with Crippen molar-refractivity contribution in [3.05, 3.63) is 58.1 Å². The van der Waals surface area contributed by atoms with Crippen LogP contribution in [0.2, 0.25) is 0 Å². The van der Waals surface area contributed by atoms with E-state index in [-0.39, 0.29) is 32.2 Å². The summed E-state index contributed by atoms with van der Waals surface area (Å²) >= 11 is 0. The molecule has 0 unspecified atom stereocenters. The molecular formula is C19H23N3O6. The molecule has 0 aliphatic heterocycles. The van der Waals surface area contributed by atoms with E-state index in [0.29, 0.717) is 18.4 Å². The van der Waals surface area contributed by atoms with Crippen molar-refractivity contribution in [2.24, 2.45) is 0 Å². The molecule has 0 saturated carbocycles. The number of ether oxygens (including phenoxy) is 2. The second-order valence-electron chi connectivity index (χ2n) is 5.84. The summed E-state index contributed by atoms with van der Waals surface area (Å²) in [5, 5.41) is 11.5. The summed E-state index contributed by atoms with van der Waals surface area (Å²) in [6.07, 6.45) is 1.41. The van der Waals surface area contributed by atoms with Crippen LogP contribution in [0.15, 0.2) is 41.3 Å². The number of nitrogens with zero attached hydrogens (tertiary/aromatic N) is 2. The Kier molecular flexibility index (Phi) is 8.16. The smallest absolute Gasteiger partial charge is 0.413 e. The Morgan fingerprint density at radius 1 is 1.21 bits per heavy atom. The first-order valence-electron chi connectivity index (χ1n) is 8.88. The summed E-state index contributed by atoms with van der Waals surface area (Å²) in [4.78, 5) is 39.7. The first-order chi connectivity index (χ1) is 13.5. The molecule has 2 N–H and O–H groups in total. The third-order valence-electron chi connectivity index (χ3n) is 3.71. The molecule has 150 valence electrons. The van der Waals surface area contributed by atoms with Gasteiger partial charge in [-0.05, 0) is 25.3 Å². The highest BCUT2D eigenvalue weighted by atomic mass is 16.5. The Morgan fingerprint density at radius 3 is 2.64 bits per heavy atom. The van der Waals surface area contributed by atoms with Crippen LogP contribution < -0.4 is 11.0 Å². The summed E-state index contributed by atoms with van der Waals surface area (Å²) in [5.74, 6) is -0.529. The third kappa shape index (κ3) is 6.51. The molecule has 0 saturated heterocycles. The number of nitrogens with one attached hydrogen (secondary N) is 1. The van der Waals surface area contributed by atoms with E-state index in [1.165, 1.54) is 6.20 Å². The Labute approximate surface area is 161 Å². The average Bonchev–Trinajstić information content (AvgIpc) is 2.68. The Bertz CT molecular complexity index is 850. The minimum atomic E-state index is -0.760. The van der Waals surface area contributed by atoms with Gasteiger partial charge >= 0.3 is 17.8 Å².